The van der Waals surface area contributed by atoms with Gasteiger partial charge in [-0.2, -0.15) is 4.98 Å². The summed E-state index contributed by atoms with van der Waals surface area (Å²) < 4.78 is 3.43. The quantitative estimate of drug-likeness (QED) is 0.355. The number of aliphatic hydroxyl groups excluding tert-OH is 1. The Morgan fingerprint density at radius 2 is 1.45 bits per heavy atom. The van der Waals surface area contributed by atoms with Crippen LogP contribution in [-0.4, -0.2) is 39.3 Å². The van der Waals surface area contributed by atoms with Crippen LogP contribution in [0.4, 0.5) is 0 Å². The molecule has 6 rings (SSSR count). The van der Waals surface area contributed by atoms with Gasteiger partial charge < -0.3 is 14.8 Å². The molecule has 0 spiro atoms. The van der Waals surface area contributed by atoms with Gasteiger partial charge in [0, 0.05) is 5.56 Å². The second kappa shape index (κ2) is 9.53. The lowest BCUT2D eigenvalue weighted by molar-refractivity contribution is 0.282. The lowest BCUT2D eigenvalue weighted by Crippen LogP contribution is -2.18. The van der Waals surface area contributed by atoms with Crippen LogP contribution in [0.5, 0.6) is 5.75 Å². The fraction of sp³-hybridized carbons (Fsp3) is 0.138. The molecule has 0 saturated carbocycles. The zero-order valence-electron chi connectivity index (χ0n) is 20.6. The highest BCUT2D eigenvalue weighted by Gasteiger charge is 2.23. The zero-order chi connectivity index (χ0) is 26.2. The number of hydrogen-bond donors (Lipinski definition) is 2. The Kier molecular flexibility index (Phi) is 5.89. The number of phenols is 1. The van der Waals surface area contributed by atoms with Gasteiger partial charge in [-0.1, -0.05) is 54.1 Å². The summed E-state index contributed by atoms with van der Waals surface area (Å²) >= 11 is 0. The van der Waals surface area contributed by atoms with Gasteiger partial charge in [0.2, 0.25) is 0 Å². The van der Waals surface area contributed by atoms with Crippen LogP contribution in [0.1, 0.15) is 22.3 Å². The number of aromatic nitrogens is 6. The van der Waals surface area contributed by atoms with Crippen LogP contribution < -0.4 is 5.69 Å². The molecule has 0 unspecified atom stereocenters. The molecule has 0 fully saturated rings. The number of nitrogens with zero attached hydrogens (tertiary/aromatic N) is 6. The predicted molar refractivity (Wildman–Crippen MR) is 143 cm³/mol. The number of imidazole rings is 2. The van der Waals surface area contributed by atoms with Crippen molar-refractivity contribution >= 4 is 11.2 Å². The third-order valence-corrected chi connectivity index (χ3v) is 6.51. The van der Waals surface area contributed by atoms with E-state index < -0.39 is 5.69 Å². The molecule has 0 amide bonds. The maximum absolute atomic E-state index is 13.1. The summed E-state index contributed by atoms with van der Waals surface area (Å²) in [5, 5.41) is 19.2. The molecule has 38 heavy (non-hydrogen) atoms. The van der Waals surface area contributed by atoms with E-state index in [0.717, 1.165) is 22.3 Å². The molecular formula is C29H24N6O3. The summed E-state index contributed by atoms with van der Waals surface area (Å²) in [7, 11) is 0. The van der Waals surface area contributed by atoms with Crippen molar-refractivity contribution in [3.05, 3.63) is 112 Å². The molecule has 3 aromatic carbocycles. The number of aryl methyl sites for hydroxylation is 1. The number of aromatic hydroxyl groups is 1. The molecule has 1 aromatic heterocycles. The van der Waals surface area contributed by atoms with Gasteiger partial charge in [0.05, 0.1) is 26.0 Å². The van der Waals surface area contributed by atoms with Crippen molar-refractivity contribution in [1.82, 2.24) is 29.1 Å². The first-order chi connectivity index (χ1) is 18.5. The van der Waals surface area contributed by atoms with Crippen molar-refractivity contribution in [2.24, 2.45) is 0 Å². The summed E-state index contributed by atoms with van der Waals surface area (Å²) in [6, 6.07) is 22.2. The number of phenolic OH excluding ortho intramolecular Hbond substituents is 1. The van der Waals surface area contributed by atoms with E-state index in [0.29, 0.717) is 47.2 Å². The van der Waals surface area contributed by atoms with E-state index >= 15 is 0 Å². The number of fused-ring (bicyclic) bond motifs is 3. The van der Waals surface area contributed by atoms with Gasteiger partial charge in [0.15, 0.2) is 17.3 Å². The Bertz CT molecular complexity index is 1770. The van der Waals surface area contributed by atoms with Crippen LogP contribution in [0.25, 0.3) is 34.1 Å². The van der Waals surface area contributed by atoms with E-state index in [9.17, 15) is 15.0 Å². The second-order valence-corrected chi connectivity index (χ2v) is 9.25. The van der Waals surface area contributed by atoms with Gasteiger partial charge in [0.1, 0.15) is 17.0 Å². The lowest BCUT2D eigenvalue weighted by Gasteiger charge is -2.05. The van der Waals surface area contributed by atoms with Gasteiger partial charge in [-0.15, -0.1) is 0 Å². The molecule has 4 aromatic rings. The highest BCUT2D eigenvalue weighted by Crippen LogP contribution is 2.28. The number of benzene rings is 3. The summed E-state index contributed by atoms with van der Waals surface area (Å²) in [5.41, 5.74) is 5.57. The first kappa shape index (κ1) is 23.5. The topological polar surface area (TPSA) is 119 Å². The summed E-state index contributed by atoms with van der Waals surface area (Å²) in [6.45, 7) is 2.78. The largest absolute Gasteiger partial charge is 0.508 e. The molecule has 2 N–H and O–H groups in total. The van der Waals surface area contributed by atoms with Crippen LogP contribution in [0.3, 0.4) is 0 Å². The summed E-state index contributed by atoms with van der Waals surface area (Å²) in [4.78, 5) is 31.8. The fourth-order valence-corrected chi connectivity index (χ4v) is 4.40. The highest BCUT2D eigenvalue weighted by atomic mass is 16.3. The molecule has 9 nitrogen and oxygen atoms in total. The highest BCUT2D eigenvalue weighted by molar-refractivity contribution is 5.86. The van der Waals surface area contributed by atoms with E-state index in [4.69, 9.17) is 9.97 Å². The SMILES string of the molecule is Cc1ccc(Cn2c3nc(-c4ccc(O)cc4)nc4c(ncn4Cc4ccc(CO)cc4)c-3nc2=O)cc1. The Balaban J connectivity index is 1.53. The molecule has 0 saturated heterocycles. The van der Waals surface area contributed by atoms with Gasteiger partial charge in [-0.3, -0.25) is 4.57 Å². The molecule has 2 aliphatic heterocycles. The van der Waals surface area contributed by atoms with Gasteiger partial charge >= 0.3 is 5.69 Å². The van der Waals surface area contributed by atoms with Crippen molar-refractivity contribution in [2.75, 3.05) is 0 Å². The maximum atomic E-state index is 13.1. The molecule has 0 atom stereocenters. The van der Waals surface area contributed by atoms with E-state index in [2.05, 4.69) is 9.97 Å². The number of rotatable bonds is 6. The summed E-state index contributed by atoms with van der Waals surface area (Å²) in [5.74, 6) is 0.901. The minimum absolute atomic E-state index is 0.0197. The van der Waals surface area contributed by atoms with Crippen molar-refractivity contribution in [3.63, 3.8) is 0 Å². The third kappa shape index (κ3) is 4.39. The van der Waals surface area contributed by atoms with E-state index in [-0.39, 0.29) is 12.4 Å². The van der Waals surface area contributed by atoms with Crippen molar-refractivity contribution in [3.8, 4) is 28.7 Å². The Labute approximate surface area is 217 Å². The Morgan fingerprint density at radius 1 is 0.789 bits per heavy atom. The van der Waals surface area contributed by atoms with E-state index in [1.54, 1.807) is 30.6 Å². The maximum Gasteiger partial charge on any atom is 0.350 e. The monoisotopic (exact) mass is 504 g/mol. The van der Waals surface area contributed by atoms with Gasteiger partial charge in [0.25, 0.3) is 0 Å². The molecule has 0 radical (unpaired) electrons. The van der Waals surface area contributed by atoms with Crippen LogP contribution in [0.2, 0.25) is 0 Å². The lowest BCUT2D eigenvalue weighted by atomic mass is 10.1. The Morgan fingerprint density at radius 3 is 2.16 bits per heavy atom. The average Bonchev–Trinajstić information content (AvgIpc) is 3.40. The molecule has 2 aliphatic rings. The number of hydrogen-bond acceptors (Lipinski definition) is 7. The fourth-order valence-electron chi connectivity index (χ4n) is 4.40. The van der Waals surface area contributed by atoms with Crippen molar-refractivity contribution < 1.29 is 10.2 Å². The van der Waals surface area contributed by atoms with Gasteiger partial charge in [-0.05, 0) is 47.9 Å². The normalized spacial score (nSPS) is 11.4. The molecule has 3 heterocycles. The molecule has 9 heteroatoms. The van der Waals surface area contributed by atoms with Gasteiger partial charge in [-0.25, -0.2) is 19.7 Å². The Hall–Kier alpha value is -4.89. The molecule has 188 valence electrons. The van der Waals surface area contributed by atoms with E-state index in [1.807, 2.05) is 60.0 Å². The smallest absolute Gasteiger partial charge is 0.350 e. The second-order valence-electron chi connectivity index (χ2n) is 9.25. The minimum atomic E-state index is -0.411. The van der Waals surface area contributed by atoms with Crippen LogP contribution in [-0.2, 0) is 19.7 Å². The molecular weight excluding hydrogens is 480 g/mol. The zero-order valence-corrected chi connectivity index (χ0v) is 20.6. The van der Waals surface area contributed by atoms with Crippen LogP contribution in [0, 0.1) is 6.92 Å². The third-order valence-electron chi connectivity index (χ3n) is 6.51. The average molecular weight is 505 g/mol. The van der Waals surface area contributed by atoms with Crippen molar-refractivity contribution in [1.29, 1.82) is 0 Å². The van der Waals surface area contributed by atoms with Crippen LogP contribution >= 0.6 is 0 Å². The summed E-state index contributed by atoms with van der Waals surface area (Å²) in [6.07, 6.45) is 1.68. The van der Waals surface area contributed by atoms with E-state index in [1.165, 1.54) is 4.57 Å². The predicted octanol–water partition coefficient (Wildman–Crippen LogP) is 3.76. The standard InChI is InChI=1S/C29H24N6O3/c1-18-2-4-20(5-3-18)15-35-28-25(31-29(35)38)24-27(32-26(33-28)22-10-12-23(37)13-11-22)34(17-30-24)14-19-6-8-21(16-36)9-7-19/h2-13,17,36-37H,14-16H2,1H3. The molecule has 0 bridgehead atoms. The van der Waals surface area contributed by atoms with Crippen molar-refractivity contribution in [2.45, 2.75) is 26.6 Å². The molecule has 0 aliphatic carbocycles. The number of aliphatic hydroxyl groups is 1. The minimum Gasteiger partial charge on any atom is -0.508 e. The first-order valence-corrected chi connectivity index (χ1v) is 12.2. The van der Waals surface area contributed by atoms with Crippen LogP contribution in [0.15, 0.2) is 83.9 Å². The first-order valence-electron chi connectivity index (χ1n) is 12.2.